The van der Waals surface area contributed by atoms with Crippen LogP contribution < -0.4 is 10.5 Å². The molecule has 0 atom stereocenters. The second-order valence-corrected chi connectivity index (χ2v) is 7.43. The lowest BCUT2D eigenvalue weighted by Crippen LogP contribution is -2.30. The van der Waals surface area contributed by atoms with E-state index in [1.807, 2.05) is 18.2 Å². The number of ketones is 1. The van der Waals surface area contributed by atoms with Crippen molar-refractivity contribution in [1.82, 2.24) is 0 Å². The number of primary amides is 1. The molecule has 5 nitrogen and oxygen atoms in total. The summed E-state index contributed by atoms with van der Waals surface area (Å²) in [6, 6.07) is 12.9. The molecule has 0 spiro atoms. The Bertz CT molecular complexity index is 1090. The van der Waals surface area contributed by atoms with Crippen molar-refractivity contribution in [3.05, 3.63) is 69.8 Å². The molecular weight excluding hydrogens is 340 g/mol. The summed E-state index contributed by atoms with van der Waals surface area (Å²) in [5.41, 5.74) is 10.6. The van der Waals surface area contributed by atoms with Gasteiger partial charge in [-0.1, -0.05) is 19.9 Å². The third kappa shape index (κ3) is 2.53. The third-order valence-corrected chi connectivity index (χ3v) is 5.44. The van der Waals surface area contributed by atoms with Crippen molar-refractivity contribution in [2.45, 2.75) is 25.7 Å². The van der Waals surface area contributed by atoms with E-state index in [0.717, 1.165) is 27.8 Å². The highest BCUT2D eigenvalue weighted by atomic mass is 16.5. The summed E-state index contributed by atoms with van der Waals surface area (Å²) in [7, 11) is 0. The fourth-order valence-corrected chi connectivity index (χ4v) is 4.07. The molecule has 0 aromatic heterocycles. The minimum Gasteiger partial charge on any atom is -0.484 e. The molecule has 2 aliphatic rings. The zero-order valence-corrected chi connectivity index (χ0v) is 15.1. The molecule has 0 unspecified atom stereocenters. The van der Waals surface area contributed by atoms with Gasteiger partial charge in [0.05, 0.1) is 11.6 Å². The highest BCUT2D eigenvalue weighted by molar-refractivity contribution is 6.33. The fourth-order valence-electron chi connectivity index (χ4n) is 4.07. The van der Waals surface area contributed by atoms with Gasteiger partial charge in [-0.3, -0.25) is 9.59 Å². The summed E-state index contributed by atoms with van der Waals surface area (Å²) in [5.74, 6) is -0.0448. The van der Waals surface area contributed by atoms with E-state index in [4.69, 9.17) is 15.7 Å². The molecule has 27 heavy (non-hydrogen) atoms. The zero-order valence-electron chi connectivity index (χ0n) is 15.1. The Morgan fingerprint density at radius 1 is 1.22 bits per heavy atom. The Labute approximate surface area is 157 Å². The van der Waals surface area contributed by atoms with Gasteiger partial charge in [0.1, 0.15) is 5.75 Å². The number of benzene rings is 2. The fraction of sp³-hybridized carbons (Fsp3) is 0.227. The van der Waals surface area contributed by atoms with E-state index in [1.165, 1.54) is 0 Å². The second-order valence-electron chi connectivity index (χ2n) is 7.43. The van der Waals surface area contributed by atoms with Crippen LogP contribution in [-0.4, -0.2) is 18.3 Å². The van der Waals surface area contributed by atoms with Crippen molar-refractivity contribution in [2.75, 3.05) is 6.61 Å². The van der Waals surface area contributed by atoms with Gasteiger partial charge in [0.25, 0.3) is 5.91 Å². The number of carbonyl (C=O) groups is 2. The minimum absolute atomic E-state index is 0.00997. The maximum absolute atomic E-state index is 13.2. The summed E-state index contributed by atoms with van der Waals surface area (Å²) < 4.78 is 5.43. The number of hydrogen-bond donors (Lipinski definition) is 1. The van der Waals surface area contributed by atoms with Crippen LogP contribution in [0.5, 0.6) is 5.75 Å². The summed E-state index contributed by atoms with van der Waals surface area (Å²) >= 11 is 0. The summed E-state index contributed by atoms with van der Waals surface area (Å²) in [4.78, 5) is 24.2. The first kappa shape index (κ1) is 17.0. The average molecular weight is 358 g/mol. The van der Waals surface area contributed by atoms with Crippen LogP contribution in [0, 0.1) is 11.3 Å². The smallest absolute Gasteiger partial charge is 0.255 e. The lowest BCUT2D eigenvalue weighted by Gasteiger charge is -2.34. The topological polar surface area (TPSA) is 93.2 Å². The molecule has 0 bridgehead atoms. The summed E-state index contributed by atoms with van der Waals surface area (Å²) in [6.45, 7) is 3.97. The Morgan fingerprint density at radius 3 is 2.67 bits per heavy atom. The number of nitrogens with two attached hydrogens (primary N) is 1. The van der Waals surface area contributed by atoms with E-state index in [0.29, 0.717) is 23.3 Å². The largest absolute Gasteiger partial charge is 0.484 e. The van der Waals surface area contributed by atoms with Gasteiger partial charge in [0.2, 0.25) is 0 Å². The lowest BCUT2D eigenvalue weighted by molar-refractivity contribution is -0.119. The molecule has 5 heteroatoms. The number of rotatable bonds is 3. The lowest BCUT2D eigenvalue weighted by atomic mass is 9.68. The van der Waals surface area contributed by atoms with Gasteiger partial charge < -0.3 is 10.5 Å². The maximum atomic E-state index is 13.2. The monoisotopic (exact) mass is 358 g/mol. The maximum Gasteiger partial charge on any atom is 0.255 e. The Morgan fingerprint density at radius 2 is 1.96 bits per heavy atom. The van der Waals surface area contributed by atoms with Crippen molar-refractivity contribution in [1.29, 1.82) is 5.26 Å². The second kappa shape index (κ2) is 5.82. The highest BCUT2D eigenvalue weighted by Gasteiger charge is 2.42. The number of ether oxygens (including phenoxy) is 1. The molecule has 0 saturated carbocycles. The number of Topliss-reactive ketones (excluding diaryl/α,β-unsaturated/α-hetero) is 1. The number of amides is 1. The molecule has 2 aromatic rings. The van der Waals surface area contributed by atoms with E-state index < -0.39 is 5.91 Å². The Kier molecular flexibility index (Phi) is 3.67. The van der Waals surface area contributed by atoms with Gasteiger partial charge in [-0.05, 0) is 59.0 Å². The van der Waals surface area contributed by atoms with E-state index in [-0.39, 0.29) is 17.8 Å². The number of nitrogens with zero attached hydrogens (tertiary/aromatic N) is 1. The van der Waals surface area contributed by atoms with Gasteiger partial charge in [-0.15, -0.1) is 0 Å². The Balaban J connectivity index is 1.81. The molecule has 4 rings (SSSR count). The molecule has 1 amide bonds. The van der Waals surface area contributed by atoms with Gasteiger partial charge in [0, 0.05) is 16.6 Å². The van der Waals surface area contributed by atoms with Gasteiger partial charge in [-0.2, -0.15) is 5.26 Å². The number of nitriles is 1. The van der Waals surface area contributed by atoms with Gasteiger partial charge in [0.15, 0.2) is 12.4 Å². The van der Waals surface area contributed by atoms with E-state index in [2.05, 4.69) is 19.9 Å². The molecule has 134 valence electrons. The molecule has 0 radical (unpaired) electrons. The predicted molar refractivity (Wildman–Crippen MR) is 100 cm³/mol. The quantitative estimate of drug-likeness (QED) is 0.913. The molecule has 0 heterocycles. The number of fused-ring (bicyclic) bond motifs is 3. The standard InChI is InChI=1S/C22H18N2O3/c1-22(2)17-9-14(27-11-19(24)25)4-6-16(17)21(26)20-15-5-3-12(10-23)7-13(15)8-18(20)22/h3-7,9H,8,11H2,1-2H3,(H2,24,25). The summed E-state index contributed by atoms with van der Waals surface area (Å²) in [6.07, 6.45) is 0.644. The molecule has 2 aliphatic carbocycles. The van der Waals surface area contributed by atoms with Crippen LogP contribution in [0.15, 0.2) is 42.0 Å². The van der Waals surface area contributed by atoms with Crippen LogP contribution in [0.25, 0.3) is 5.57 Å². The molecule has 0 aliphatic heterocycles. The van der Waals surface area contributed by atoms with Gasteiger partial charge in [-0.25, -0.2) is 0 Å². The van der Waals surface area contributed by atoms with Gasteiger partial charge >= 0.3 is 0 Å². The number of hydrogen-bond acceptors (Lipinski definition) is 4. The number of carbonyl (C=O) groups excluding carboxylic acids is 2. The van der Waals surface area contributed by atoms with E-state index >= 15 is 0 Å². The van der Waals surface area contributed by atoms with Crippen LogP contribution in [0.1, 0.15) is 46.5 Å². The molecule has 0 saturated heterocycles. The van der Waals surface area contributed by atoms with Crippen LogP contribution in [0.2, 0.25) is 0 Å². The molecule has 0 fully saturated rings. The van der Waals surface area contributed by atoms with Crippen molar-refractivity contribution in [3.8, 4) is 11.8 Å². The van der Waals surface area contributed by atoms with Crippen LogP contribution in [0.3, 0.4) is 0 Å². The van der Waals surface area contributed by atoms with Crippen molar-refractivity contribution < 1.29 is 14.3 Å². The average Bonchev–Trinajstić information content (AvgIpc) is 3.04. The van der Waals surface area contributed by atoms with E-state index in [1.54, 1.807) is 18.2 Å². The SMILES string of the molecule is CC1(C)C2=C(C(=O)c3ccc(OCC(N)=O)cc31)c1ccc(C#N)cc1C2. The normalized spacial score (nSPS) is 16.3. The molecule has 2 aromatic carbocycles. The third-order valence-electron chi connectivity index (χ3n) is 5.44. The zero-order chi connectivity index (χ0) is 19.3. The first-order valence-electron chi connectivity index (χ1n) is 8.70. The highest BCUT2D eigenvalue weighted by Crippen LogP contribution is 2.50. The molecule has 2 N–H and O–H groups in total. The van der Waals surface area contributed by atoms with Crippen LogP contribution >= 0.6 is 0 Å². The van der Waals surface area contributed by atoms with E-state index in [9.17, 15) is 9.59 Å². The van der Waals surface area contributed by atoms with Crippen LogP contribution in [-0.2, 0) is 16.6 Å². The first-order chi connectivity index (χ1) is 12.8. The molecular formula is C22H18N2O3. The first-order valence-corrected chi connectivity index (χ1v) is 8.70. The minimum atomic E-state index is -0.549. The van der Waals surface area contributed by atoms with Crippen molar-refractivity contribution >= 4 is 17.3 Å². The van der Waals surface area contributed by atoms with Crippen LogP contribution in [0.4, 0.5) is 0 Å². The van der Waals surface area contributed by atoms with Crippen molar-refractivity contribution in [2.24, 2.45) is 5.73 Å². The predicted octanol–water partition coefficient (Wildman–Crippen LogP) is 2.91. The Hall–Kier alpha value is -3.39. The number of allylic oxidation sites excluding steroid dienone is 2. The van der Waals surface area contributed by atoms with Crippen molar-refractivity contribution in [3.63, 3.8) is 0 Å². The summed E-state index contributed by atoms with van der Waals surface area (Å²) in [5, 5.41) is 9.17.